The van der Waals surface area contributed by atoms with E-state index in [0.29, 0.717) is 18.4 Å². The molecule has 1 aromatic carbocycles. The fraction of sp³-hybridized carbons (Fsp3) is 0.667. The van der Waals surface area contributed by atoms with Gasteiger partial charge in [0.2, 0.25) is 0 Å². The van der Waals surface area contributed by atoms with Crippen LogP contribution in [-0.2, 0) is 0 Å². The van der Waals surface area contributed by atoms with E-state index in [1.165, 1.54) is 11.1 Å². The Balaban J connectivity index is 1.80. The molecule has 1 aliphatic heterocycles. The van der Waals surface area contributed by atoms with Crippen LogP contribution >= 0.6 is 0 Å². The summed E-state index contributed by atoms with van der Waals surface area (Å²) in [6.07, 6.45) is 0.884. The Labute approximate surface area is 128 Å². The highest BCUT2D eigenvalue weighted by atomic mass is 16.5. The molecule has 3 nitrogen and oxygen atoms in total. The summed E-state index contributed by atoms with van der Waals surface area (Å²) < 4.78 is 5.86. The molecule has 2 rings (SSSR count). The lowest BCUT2D eigenvalue weighted by atomic mass is 9.96. The zero-order chi connectivity index (χ0) is 15.4. The Morgan fingerprint density at radius 1 is 1.38 bits per heavy atom. The van der Waals surface area contributed by atoms with Gasteiger partial charge in [0.15, 0.2) is 0 Å². The van der Waals surface area contributed by atoms with Crippen LogP contribution in [0.5, 0.6) is 5.75 Å². The third-order valence-corrected chi connectivity index (χ3v) is 4.54. The van der Waals surface area contributed by atoms with Crippen molar-refractivity contribution in [2.45, 2.75) is 46.1 Å². The number of aliphatic hydroxyl groups is 1. The highest BCUT2D eigenvalue weighted by Gasteiger charge is 2.23. The van der Waals surface area contributed by atoms with Crippen molar-refractivity contribution in [3.05, 3.63) is 29.3 Å². The average molecular weight is 291 g/mol. The maximum Gasteiger partial charge on any atom is 0.119 e. The minimum Gasteiger partial charge on any atom is -0.492 e. The predicted molar refractivity (Wildman–Crippen MR) is 87.0 cm³/mol. The van der Waals surface area contributed by atoms with E-state index < -0.39 is 0 Å². The molecule has 0 radical (unpaired) electrons. The zero-order valence-electron chi connectivity index (χ0n) is 13.8. The van der Waals surface area contributed by atoms with Gasteiger partial charge in [0, 0.05) is 13.1 Å². The van der Waals surface area contributed by atoms with Crippen LogP contribution in [0.25, 0.3) is 0 Å². The Morgan fingerprint density at radius 3 is 2.76 bits per heavy atom. The SMILES string of the molecule is Cc1cc(OCCN2CCC(C)C(O)C2)ccc1C(C)C. The Morgan fingerprint density at radius 2 is 2.14 bits per heavy atom. The number of aryl methyl sites for hydroxylation is 1. The third-order valence-electron chi connectivity index (χ3n) is 4.54. The van der Waals surface area contributed by atoms with E-state index in [1.54, 1.807) is 0 Å². The van der Waals surface area contributed by atoms with Crippen LogP contribution in [0.1, 0.15) is 44.2 Å². The molecule has 2 unspecified atom stereocenters. The number of nitrogens with zero attached hydrogens (tertiary/aromatic N) is 1. The van der Waals surface area contributed by atoms with Gasteiger partial charge < -0.3 is 9.84 Å². The Bertz CT molecular complexity index is 459. The minimum atomic E-state index is -0.189. The monoisotopic (exact) mass is 291 g/mol. The molecule has 1 saturated heterocycles. The first-order valence-corrected chi connectivity index (χ1v) is 8.11. The number of benzene rings is 1. The zero-order valence-corrected chi connectivity index (χ0v) is 13.8. The fourth-order valence-corrected chi connectivity index (χ4v) is 3.00. The first kappa shape index (κ1) is 16.3. The molecule has 2 atom stereocenters. The number of ether oxygens (including phenoxy) is 1. The van der Waals surface area contributed by atoms with E-state index >= 15 is 0 Å². The standard InChI is InChI=1S/C18H29NO2/c1-13(2)17-6-5-16(11-15(17)4)21-10-9-19-8-7-14(3)18(20)12-19/h5-6,11,13-14,18,20H,7-10,12H2,1-4H3. The van der Waals surface area contributed by atoms with Gasteiger partial charge in [-0.1, -0.05) is 26.8 Å². The van der Waals surface area contributed by atoms with Gasteiger partial charge in [-0.05, 0) is 55.0 Å². The quantitative estimate of drug-likeness (QED) is 0.904. The van der Waals surface area contributed by atoms with Crippen molar-refractivity contribution < 1.29 is 9.84 Å². The van der Waals surface area contributed by atoms with Gasteiger partial charge in [-0.25, -0.2) is 0 Å². The van der Waals surface area contributed by atoms with Crippen LogP contribution in [0.3, 0.4) is 0 Å². The van der Waals surface area contributed by atoms with Crippen LogP contribution in [0, 0.1) is 12.8 Å². The van der Waals surface area contributed by atoms with Crippen molar-refractivity contribution in [2.75, 3.05) is 26.2 Å². The molecule has 0 saturated carbocycles. The molecule has 0 bridgehead atoms. The molecular formula is C18H29NO2. The van der Waals surface area contributed by atoms with Gasteiger partial charge in [0.1, 0.15) is 12.4 Å². The number of hydrogen-bond donors (Lipinski definition) is 1. The summed E-state index contributed by atoms with van der Waals surface area (Å²) in [5.74, 6) is 1.92. The first-order chi connectivity index (χ1) is 9.97. The fourth-order valence-electron chi connectivity index (χ4n) is 3.00. The van der Waals surface area contributed by atoms with Crippen molar-refractivity contribution in [3.8, 4) is 5.75 Å². The first-order valence-electron chi connectivity index (χ1n) is 8.11. The molecule has 0 aliphatic carbocycles. The van der Waals surface area contributed by atoms with Crippen LogP contribution in [0.15, 0.2) is 18.2 Å². The molecule has 1 fully saturated rings. The van der Waals surface area contributed by atoms with E-state index in [4.69, 9.17) is 4.74 Å². The second-order valence-corrected chi connectivity index (χ2v) is 6.66. The molecule has 1 N–H and O–H groups in total. The topological polar surface area (TPSA) is 32.7 Å². The summed E-state index contributed by atoms with van der Waals surface area (Å²) in [5.41, 5.74) is 2.68. The van der Waals surface area contributed by atoms with Crippen molar-refractivity contribution in [2.24, 2.45) is 5.92 Å². The molecule has 1 aliphatic rings. The third kappa shape index (κ3) is 4.45. The predicted octanol–water partition coefficient (Wildman–Crippen LogP) is 3.20. The summed E-state index contributed by atoms with van der Waals surface area (Å²) in [7, 11) is 0. The van der Waals surface area contributed by atoms with Crippen LogP contribution in [-0.4, -0.2) is 42.4 Å². The molecular weight excluding hydrogens is 262 g/mol. The lowest BCUT2D eigenvalue weighted by molar-refractivity contribution is 0.0244. The summed E-state index contributed by atoms with van der Waals surface area (Å²) in [4.78, 5) is 2.29. The smallest absolute Gasteiger partial charge is 0.119 e. The van der Waals surface area contributed by atoms with E-state index in [2.05, 4.69) is 50.8 Å². The average Bonchev–Trinajstić information content (AvgIpc) is 2.42. The van der Waals surface area contributed by atoms with Crippen molar-refractivity contribution in [1.82, 2.24) is 4.90 Å². The summed E-state index contributed by atoms with van der Waals surface area (Å²) in [6, 6.07) is 6.36. The molecule has 21 heavy (non-hydrogen) atoms. The number of likely N-dealkylation sites (tertiary alicyclic amines) is 1. The highest BCUT2D eigenvalue weighted by Crippen LogP contribution is 2.23. The van der Waals surface area contributed by atoms with E-state index in [9.17, 15) is 5.11 Å². The normalized spacial score (nSPS) is 23.5. The summed E-state index contributed by atoms with van der Waals surface area (Å²) >= 11 is 0. The van der Waals surface area contributed by atoms with Crippen LogP contribution in [0.2, 0.25) is 0 Å². The van der Waals surface area contributed by atoms with Crippen molar-refractivity contribution in [3.63, 3.8) is 0 Å². The molecule has 1 aromatic rings. The summed E-state index contributed by atoms with van der Waals surface area (Å²) in [5, 5.41) is 9.90. The Hall–Kier alpha value is -1.06. The minimum absolute atomic E-state index is 0.189. The van der Waals surface area contributed by atoms with Gasteiger partial charge >= 0.3 is 0 Å². The second kappa shape index (κ2) is 7.28. The van der Waals surface area contributed by atoms with Gasteiger partial charge in [-0.15, -0.1) is 0 Å². The number of hydrogen-bond acceptors (Lipinski definition) is 3. The van der Waals surface area contributed by atoms with Gasteiger partial charge in [0.25, 0.3) is 0 Å². The number of rotatable bonds is 5. The second-order valence-electron chi connectivity index (χ2n) is 6.66. The summed E-state index contributed by atoms with van der Waals surface area (Å²) in [6.45, 7) is 12.1. The van der Waals surface area contributed by atoms with Crippen molar-refractivity contribution in [1.29, 1.82) is 0 Å². The molecule has 1 heterocycles. The molecule has 3 heteroatoms. The van der Waals surface area contributed by atoms with E-state index in [1.807, 2.05) is 0 Å². The molecule has 0 amide bonds. The van der Waals surface area contributed by atoms with Crippen LogP contribution in [0.4, 0.5) is 0 Å². The Kier molecular flexibility index (Phi) is 5.65. The van der Waals surface area contributed by atoms with Gasteiger partial charge in [-0.3, -0.25) is 4.90 Å². The maximum atomic E-state index is 9.90. The highest BCUT2D eigenvalue weighted by molar-refractivity contribution is 5.36. The maximum absolute atomic E-state index is 9.90. The molecule has 118 valence electrons. The number of β-amino-alcohol motifs (C(OH)–C–C–N with tert-alkyl or cyclic N) is 1. The van der Waals surface area contributed by atoms with E-state index in [0.717, 1.165) is 31.8 Å². The van der Waals surface area contributed by atoms with Gasteiger partial charge in [0.05, 0.1) is 6.10 Å². The number of piperidine rings is 1. The van der Waals surface area contributed by atoms with E-state index in [-0.39, 0.29) is 6.10 Å². The molecule has 0 aromatic heterocycles. The molecule has 0 spiro atoms. The number of aliphatic hydroxyl groups excluding tert-OH is 1. The largest absolute Gasteiger partial charge is 0.492 e. The lowest BCUT2D eigenvalue weighted by Crippen LogP contribution is -2.44. The lowest BCUT2D eigenvalue weighted by Gasteiger charge is -2.34. The van der Waals surface area contributed by atoms with Gasteiger partial charge in [-0.2, -0.15) is 0 Å². The van der Waals surface area contributed by atoms with Crippen LogP contribution < -0.4 is 4.74 Å². The van der Waals surface area contributed by atoms with Crippen molar-refractivity contribution >= 4 is 0 Å².